The number of aryl methyl sites for hydroxylation is 3. The van der Waals surface area contributed by atoms with Crippen LogP contribution in [0.1, 0.15) is 22.3 Å². The molecule has 0 saturated heterocycles. The Bertz CT molecular complexity index is 537. The molecule has 0 saturated carbocycles. The van der Waals surface area contributed by atoms with Crippen molar-refractivity contribution in [1.82, 2.24) is 9.62 Å². The summed E-state index contributed by atoms with van der Waals surface area (Å²) in [4.78, 5) is 0. The molecule has 0 aliphatic carbocycles. The van der Waals surface area contributed by atoms with Crippen molar-refractivity contribution in [2.45, 2.75) is 27.3 Å². The minimum absolute atomic E-state index is 0.129. The van der Waals surface area contributed by atoms with E-state index in [9.17, 15) is 8.42 Å². The molecular weight excluding hydrogens is 260 g/mol. The Hall–Kier alpha value is -0.910. The van der Waals surface area contributed by atoms with Crippen LogP contribution in [0.4, 0.5) is 0 Å². The molecule has 0 amide bonds. The quantitative estimate of drug-likeness (QED) is 0.807. The second-order valence-electron chi connectivity index (χ2n) is 5.14. The molecule has 0 bridgehead atoms. The zero-order valence-corrected chi connectivity index (χ0v) is 13.3. The van der Waals surface area contributed by atoms with Crippen LogP contribution >= 0.6 is 0 Å². The second-order valence-corrected chi connectivity index (χ2v) is 7.44. The van der Waals surface area contributed by atoms with Crippen LogP contribution in [0, 0.1) is 20.8 Å². The van der Waals surface area contributed by atoms with Gasteiger partial charge in [0.05, 0.1) is 5.75 Å². The van der Waals surface area contributed by atoms with Gasteiger partial charge in [-0.1, -0.05) is 12.1 Å². The van der Waals surface area contributed by atoms with Crippen molar-refractivity contribution < 1.29 is 8.42 Å². The molecule has 0 radical (unpaired) electrons. The number of nitrogens with zero attached hydrogens (tertiary/aromatic N) is 1. The van der Waals surface area contributed by atoms with Gasteiger partial charge in [-0.25, -0.2) is 12.7 Å². The first kappa shape index (κ1) is 16.1. The van der Waals surface area contributed by atoms with E-state index in [0.717, 1.165) is 0 Å². The van der Waals surface area contributed by atoms with Crippen LogP contribution in [-0.4, -0.2) is 39.1 Å². The van der Waals surface area contributed by atoms with Gasteiger partial charge < -0.3 is 5.32 Å². The van der Waals surface area contributed by atoms with Gasteiger partial charge in [0.2, 0.25) is 10.0 Å². The van der Waals surface area contributed by atoms with Gasteiger partial charge in [-0.3, -0.25) is 0 Å². The van der Waals surface area contributed by atoms with Crippen LogP contribution in [0.25, 0.3) is 0 Å². The highest BCUT2D eigenvalue weighted by Crippen LogP contribution is 2.14. The monoisotopic (exact) mass is 284 g/mol. The van der Waals surface area contributed by atoms with E-state index in [1.54, 1.807) is 14.1 Å². The molecule has 0 spiro atoms. The molecule has 0 aliphatic heterocycles. The fourth-order valence-electron chi connectivity index (χ4n) is 1.82. The molecule has 1 aromatic rings. The predicted molar refractivity (Wildman–Crippen MR) is 79.8 cm³/mol. The maximum Gasteiger partial charge on any atom is 0.214 e. The van der Waals surface area contributed by atoms with Gasteiger partial charge in [-0.2, -0.15) is 0 Å². The molecule has 1 rings (SSSR count). The van der Waals surface area contributed by atoms with Crippen molar-refractivity contribution >= 4 is 10.0 Å². The molecule has 0 aliphatic rings. The van der Waals surface area contributed by atoms with Gasteiger partial charge in [0.1, 0.15) is 0 Å². The summed E-state index contributed by atoms with van der Waals surface area (Å²) in [6.45, 7) is 7.45. The highest BCUT2D eigenvalue weighted by atomic mass is 32.2. The van der Waals surface area contributed by atoms with Crippen molar-refractivity contribution in [1.29, 1.82) is 0 Å². The highest BCUT2D eigenvalue weighted by molar-refractivity contribution is 7.89. The molecule has 0 fully saturated rings. The van der Waals surface area contributed by atoms with Gasteiger partial charge in [0, 0.05) is 27.2 Å². The van der Waals surface area contributed by atoms with E-state index < -0.39 is 10.0 Å². The molecule has 0 heterocycles. The largest absolute Gasteiger partial charge is 0.312 e. The van der Waals surface area contributed by atoms with Crippen LogP contribution in [0.15, 0.2) is 12.1 Å². The zero-order chi connectivity index (χ0) is 14.6. The third kappa shape index (κ3) is 4.60. The third-order valence-electron chi connectivity index (χ3n) is 3.36. The Labute approximate surface area is 116 Å². The second kappa shape index (κ2) is 6.50. The summed E-state index contributed by atoms with van der Waals surface area (Å²) in [7, 11) is 0.00989. The number of nitrogens with one attached hydrogen (secondary N) is 1. The lowest BCUT2D eigenvalue weighted by molar-refractivity contribution is 0.517. The van der Waals surface area contributed by atoms with E-state index in [0.29, 0.717) is 13.1 Å². The van der Waals surface area contributed by atoms with Gasteiger partial charge in [-0.15, -0.1) is 0 Å². The highest BCUT2D eigenvalue weighted by Gasteiger charge is 2.12. The number of rotatable bonds is 6. The van der Waals surface area contributed by atoms with Crippen molar-refractivity contribution in [2.24, 2.45) is 0 Å². The van der Waals surface area contributed by atoms with Crippen LogP contribution in [0.3, 0.4) is 0 Å². The summed E-state index contributed by atoms with van der Waals surface area (Å²) in [5.41, 5.74) is 5.02. The number of hydrogen-bond donors (Lipinski definition) is 1. The SMILES string of the molecule is Cc1cc(C)c(CNCCS(=O)(=O)N(C)C)cc1C. The van der Waals surface area contributed by atoms with E-state index in [1.807, 2.05) is 0 Å². The lowest BCUT2D eigenvalue weighted by Crippen LogP contribution is -2.31. The standard InChI is InChI=1S/C14H24N2O2S/c1-11-8-13(3)14(9-12(11)2)10-15-6-7-19(17,18)16(4)5/h8-9,15H,6-7,10H2,1-5H3. The normalized spacial score (nSPS) is 12.1. The Morgan fingerprint density at radius 3 is 2.21 bits per heavy atom. The van der Waals surface area contributed by atoms with Gasteiger partial charge >= 0.3 is 0 Å². The van der Waals surface area contributed by atoms with E-state index >= 15 is 0 Å². The molecule has 4 nitrogen and oxygen atoms in total. The van der Waals surface area contributed by atoms with E-state index in [-0.39, 0.29) is 5.75 Å². The van der Waals surface area contributed by atoms with Crippen molar-refractivity contribution in [3.63, 3.8) is 0 Å². The van der Waals surface area contributed by atoms with Crippen LogP contribution in [0.5, 0.6) is 0 Å². The van der Waals surface area contributed by atoms with Gasteiger partial charge in [0.25, 0.3) is 0 Å². The molecular formula is C14H24N2O2S. The van der Waals surface area contributed by atoms with E-state index in [4.69, 9.17) is 0 Å². The Morgan fingerprint density at radius 1 is 1.05 bits per heavy atom. The molecule has 1 N–H and O–H groups in total. The number of benzene rings is 1. The summed E-state index contributed by atoms with van der Waals surface area (Å²) in [6.07, 6.45) is 0. The fourth-order valence-corrected chi connectivity index (χ4v) is 2.58. The van der Waals surface area contributed by atoms with Crippen LogP contribution in [-0.2, 0) is 16.6 Å². The summed E-state index contributed by atoms with van der Waals surface area (Å²) in [6, 6.07) is 4.33. The maximum absolute atomic E-state index is 11.6. The average Bonchev–Trinajstić information content (AvgIpc) is 2.30. The summed E-state index contributed by atoms with van der Waals surface area (Å²) >= 11 is 0. The molecule has 0 unspecified atom stereocenters. The number of hydrogen-bond acceptors (Lipinski definition) is 3. The van der Waals surface area contributed by atoms with Gasteiger partial charge in [0.15, 0.2) is 0 Å². The Balaban J connectivity index is 2.53. The first-order valence-corrected chi connectivity index (χ1v) is 8.02. The predicted octanol–water partition coefficient (Wildman–Crippen LogP) is 1.59. The molecule has 19 heavy (non-hydrogen) atoms. The lowest BCUT2D eigenvalue weighted by atomic mass is 10.0. The first-order chi connectivity index (χ1) is 8.74. The first-order valence-electron chi connectivity index (χ1n) is 6.41. The minimum Gasteiger partial charge on any atom is -0.312 e. The molecule has 0 aromatic heterocycles. The van der Waals surface area contributed by atoms with Crippen LogP contribution < -0.4 is 5.32 Å². The lowest BCUT2D eigenvalue weighted by Gasteiger charge is -2.13. The van der Waals surface area contributed by atoms with E-state index in [2.05, 4.69) is 38.2 Å². The molecule has 0 atom stereocenters. The topological polar surface area (TPSA) is 49.4 Å². The minimum atomic E-state index is -3.11. The van der Waals surface area contributed by atoms with Crippen molar-refractivity contribution in [3.05, 3.63) is 34.4 Å². The zero-order valence-electron chi connectivity index (χ0n) is 12.4. The number of sulfonamides is 1. The van der Waals surface area contributed by atoms with E-state index in [1.165, 1.54) is 26.6 Å². The molecule has 5 heteroatoms. The summed E-state index contributed by atoms with van der Waals surface area (Å²) in [5.74, 6) is 0.129. The molecule has 1 aromatic carbocycles. The summed E-state index contributed by atoms with van der Waals surface area (Å²) in [5, 5.41) is 3.19. The molecule has 108 valence electrons. The van der Waals surface area contributed by atoms with Crippen LogP contribution in [0.2, 0.25) is 0 Å². The smallest absolute Gasteiger partial charge is 0.214 e. The third-order valence-corrected chi connectivity index (χ3v) is 5.19. The fraction of sp³-hybridized carbons (Fsp3) is 0.571. The Morgan fingerprint density at radius 2 is 1.63 bits per heavy atom. The van der Waals surface area contributed by atoms with Gasteiger partial charge in [-0.05, 0) is 43.0 Å². The van der Waals surface area contributed by atoms with Crippen molar-refractivity contribution in [2.75, 3.05) is 26.4 Å². The average molecular weight is 284 g/mol. The summed E-state index contributed by atoms with van der Waals surface area (Å²) < 4.78 is 24.4. The Kier molecular flexibility index (Phi) is 5.52. The maximum atomic E-state index is 11.6. The van der Waals surface area contributed by atoms with Crippen molar-refractivity contribution in [3.8, 4) is 0 Å².